The van der Waals surface area contributed by atoms with Crippen LogP contribution >= 0.6 is 0 Å². The van der Waals surface area contributed by atoms with Crippen molar-refractivity contribution < 1.29 is 23.9 Å². The average Bonchev–Trinajstić information content (AvgIpc) is 2.65. The number of oxime groups is 1. The molecule has 124 valence electrons. The number of hydrogen-bond acceptors (Lipinski definition) is 6. The van der Waals surface area contributed by atoms with E-state index in [1.807, 2.05) is 60.7 Å². The van der Waals surface area contributed by atoms with Gasteiger partial charge in [-0.1, -0.05) is 65.8 Å². The number of ether oxygens (including phenoxy) is 2. The number of nitrogens with zero attached hydrogens (tertiary/aromatic N) is 1. The van der Waals surface area contributed by atoms with Gasteiger partial charge in [-0.2, -0.15) is 0 Å². The van der Waals surface area contributed by atoms with Crippen molar-refractivity contribution in [3.05, 3.63) is 71.8 Å². The quantitative estimate of drug-likeness (QED) is 0.353. The van der Waals surface area contributed by atoms with Crippen LogP contribution in [0.2, 0.25) is 0 Å². The van der Waals surface area contributed by atoms with Crippen molar-refractivity contribution in [2.75, 3.05) is 14.2 Å². The van der Waals surface area contributed by atoms with E-state index in [9.17, 15) is 9.59 Å². The predicted octanol–water partition coefficient (Wildman–Crippen LogP) is 2.49. The van der Waals surface area contributed by atoms with Crippen LogP contribution in [-0.4, -0.2) is 31.9 Å². The second-order valence-electron chi connectivity index (χ2n) is 4.73. The molecule has 0 spiro atoms. The van der Waals surface area contributed by atoms with E-state index in [2.05, 4.69) is 14.6 Å². The second kappa shape index (κ2) is 8.47. The summed E-state index contributed by atoms with van der Waals surface area (Å²) in [4.78, 5) is 28.8. The van der Waals surface area contributed by atoms with Gasteiger partial charge in [0, 0.05) is 0 Å². The fourth-order valence-corrected chi connectivity index (χ4v) is 2.03. The van der Waals surface area contributed by atoms with Gasteiger partial charge in [0.05, 0.1) is 14.2 Å². The maximum atomic E-state index is 11.7. The Kier molecular flexibility index (Phi) is 6.08. The van der Waals surface area contributed by atoms with Crippen LogP contribution in [-0.2, 0) is 23.9 Å². The fourth-order valence-electron chi connectivity index (χ4n) is 2.03. The summed E-state index contributed by atoms with van der Waals surface area (Å²) < 4.78 is 9.06. The Bertz CT molecular complexity index is 655. The smallest absolute Gasteiger partial charge is 0.367 e. The summed E-state index contributed by atoms with van der Waals surface area (Å²) in [7, 11) is 2.29. The highest BCUT2D eigenvalue weighted by Gasteiger charge is 2.25. The molecular formula is C18H17NO5. The molecule has 0 N–H and O–H groups in total. The largest absolute Gasteiger partial charge is 0.464 e. The number of hydrogen-bond donors (Lipinski definition) is 0. The van der Waals surface area contributed by atoms with Gasteiger partial charge < -0.3 is 14.3 Å². The number of carbonyl (C=O) groups excluding carboxylic acids is 2. The molecule has 6 heteroatoms. The summed E-state index contributed by atoms with van der Waals surface area (Å²) >= 11 is 0. The summed E-state index contributed by atoms with van der Waals surface area (Å²) in [5.41, 5.74) is 1.08. The van der Waals surface area contributed by atoms with Crippen molar-refractivity contribution in [1.29, 1.82) is 0 Å². The Balaban J connectivity index is 2.36. The van der Waals surface area contributed by atoms with Gasteiger partial charge in [0.15, 0.2) is 6.10 Å². The zero-order valence-corrected chi connectivity index (χ0v) is 13.3. The summed E-state index contributed by atoms with van der Waals surface area (Å²) in [6, 6.07) is 18.7. The first-order valence-electron chi connectivity index (χ1n) is 7.17. The third-order valence-electron chi connectivity index (χ3n) is 3.21. The van der Waals surface area contributed by atoms with Crippen LogP contribution in [0, 0.1) is 0 Å². The Morgan fingerprint density at radius 1 is 0.792 bits per heavy atom. The topological polar surface area (TPSA) is 74.2 Å². The molecule has 0 aliphatic rings. The molecule has 0 heterocycles. The van der Waals surface area contributed by atoms with Gasteiger partial charge in [-0.15, -0.1) is 0 Å². The van der Waals surface area contributed by atoms with Gasteiger partial charge in [0.2, 0.25) is 0 Å². The molecule has 0 saturated heterocycles. The molecule has 0 aromatic heterocycles. The molecule has 0 aliphatic carbocycles. The Labute approximate surface area is 139 Å². The van der Waals surface area contributed by atoms with Gasteiger partial charge >= 0.3 is 11.9 Å². The minimum atomic E-state index is -0.929. The molecule has 0 amide bonds. The average molecular weight is 327 g/mol. The third-order valence-corrected chi connectivity index (χ3v) is 3.21. The van der Waals surface area contributed by atoms with Gasteiger partial charge in [-0.3, -0.25) is 0 Å². The summed E-state index contributed by atoms with van der Waals surface area (Å²) in [6.45, 7) is 0. The maximum absolute atomic E-state index is 11.7. The van der Waals surface area contributed by atoms with E-state index in [1.165, 1.54) is 0 Å². The van der Waals surface area contributed by atoms with Gasteiger partial charge in [0.1, 0.15) is 0 Å². The van der Waals surface area contributed by atoms with E-state index in [0.29, 0.717) is 0 Å². The van der Waals surface area contributed by atoms with Crippen molar-refractivity contribution >= 4 is 17.7 Å². The minimum absolute atomic E-state index is 0.558. The molecule has 0 saturated carbocycles. The van der Waals surface area contributed by atoms with Gasteiger partial charge in [-0.25, -0.2) is 9.59 Å². The van der Waals surface area contributed by atoms with Crippen LogP contribution in [0.1, 0.15) is 17.2 Å². The van der Waals surface area contributed by atoms with E-state index in [0.717, 1.165) is 25.3 Å². The number of rotatable bonds is 6. The van der Waals surface area contributed by atoms with Crippen molar-refractivity contribution in [2.24, 2.45) is 5.16 Å². The second-order valence-corrected chi connectivity index (χ2v) is 4.73. The van der Waals surface area contributed by atoms with Gasteiger partial charge in [0.25, 0.3) is 5.71 Å². The number of esters is 2. The van der Waals surface area contributed by atoms with Crippen LogP contribution in [0.4, 0.5) is 0 Å². The molecule has 2 aromatic rings. The predicted molar refractivity (Wildman–Crippen MR) is 87.3 cm³/mol. The van der Waals surface area contributed by atoms with E-state index >= 15 is 0 Å². The fraction of sp³-hybridized carbons (Fsp3) is 0.167. The Morgan fingerprint density at radius 2 is 1.21 bits per heavy atom. The molecule has 0 atom stereocenters. The number of benzene rings is 2. The molecule has 2 rings (SSSR count). The lowest BCUT2D eigenvalue weighted by Crippen LogP contribution is -2.27. The first-order valence-corrected chi connectivity index (χ1v) is 7.17. The van der Waals surface area contributed by atoms with Crippen molar-refractivity contribution in [3.8, 4) is 0 Å². The number of carbonyl (C=O) groups is 2. The molecule has 0 unspecified atom stereocenters. The van der Waals surface area contributed by atoms with Crippen LogP contribution in [0.15, 0.2) is 65.8 Å². The lowest BCUT2D eigenvalue weighted by atomic mass is 10.0. The normalized spacial score (nSPS) is 9.96. The van der Waals surface area contributed by atoms with Crippen molar-refractivity contribution in [3.63, 3.8) is 0 Å². The summed E-state index contributed by atoms with van der Waals surface area (Å²) in [6.07, 6.45) is -0.586. The van der Waals surface area contributed by atoms with E-state index in [4.69, 9.17) is 4.84 Å². The van der Waals surface area contributed by atoms with Crippen LogP contribution < -0.4 is 0 Å². The van der Waals surface area contributed by atoms with Crippen LogP contribution in [0.5, 0.6) is 0 Å². The Morgan fingerprint density at radius 3 is 1.58 bits per heavy atom. The zero-order chi connectivity index (χ0) is 17.4. The maximum Gasteiger partial charge on any atom is 0.367 e. The summed E-state index contributed by atoms with van der Waals surface area (Å²) in [5.74, 6) is -1.86. The molecule has 0 aliphatic heterocycles. The van der Waals surface area contributed by atoms with Gasteiger partial charge in [-0.05, 0) is 11.1 Å². The highest BCUT2D eigenvalue weighted by molar-refractivity contribution is 6.62. The lowest BCUT2D eigenvalue weighted by Gasteiger charge is -2.16. The summed E-state index contributed by atoms with van der Waals surface area (Å²) in [5, 5.41) is 3.69. The highest BCUT2D eigenvalue weighted by Crippen LogP contribution is 2.26. The molecule has 24 heavy (non-hydrogen) atoms. The molecule has 0 fully saturated rings. The third kappa shape index (κ3) is 4.19. The highest BCUT2D eigenvalue weighted by atomic mass is 16.6. The standard InChI is InChI=1S/C18H17NO5/c1-22-17(20)15(18(21)23-2)19-24-16(13-9-5-3-6-10-13)14-11-7-4-8-12-14/h3-12,16H,1-2H3. The zero-order valence-electron chi connectivity index (χ0n) is 13.3. The molecule has 6 nitrogen and oxygen atoms in total. The van der Waals surface area contributed by atoms with Crippen molar-refractivity contribution in [1.82, 2.24) is 0 Å². The van der Waals surface area contributed by atoms with E-state index < -0.39 is 23.8 Å². The molecular weight excluding hydrogens is 310 g/mol. The van der Waals surface area contributed by atoms with E-state index in [-0.39, 0.29) is 0 Å². The van der Waals surface area contributed by atoms with E-state index in [1.54, 1.807) is 0 Å². The van der Waals surface area contributed by atoms with Crippen LogP contribution in [0.25, 0.3) is 0 Å². The molecule has 2 aromatic carbocycles. The molecule has 0 bridgehead atoms. The minimum Gasteiger partial charge on any atom is -0.464 e. The lowest BCUT2D eigenvalue weighted by molar-refractivity contribution is -0.138. The number of methoxy groups -OCH3 is 2. The first-order chi connectivity index (χ1) is 11.7. The van der Waals surface area contributed by atoms with Crippen molar-refractivity contribution in [2.45, 2.75) is 6.10 Å². The SMILES string of the molecule is COC(=O)C(=NOC(c1ccccc1)c1ccccc1)C(=O)OC. The molecule has 0 radical (unpaired) electrons. The Hall–Kier alpha value is -3.15. The first kappa shape index (κ1) is 17.2. The van der Waals surface area contributed by atoms with Crippen LogP contribution in [0.3, 0.4) is 0 Å². The monoisotopic (exact) mass is 327 g/mol.